The predicted molar refractivity (Wildman–Crippen MR) is 96.1 cm³/mol. The molecule has 0 aliphatic rings. The fourth-order valence-corrected chi connectivity index (χ4v) is 2.00. The second kappa shape index (κ2) is 8.77. The minimum Gasteiger partial charge on any atom is -0.491 e. The third kappa shape index (κ3) is 5.56. The second-order valence-electron chi connectivity index (χ2n) is 5.52. The number of esters is 1. The minimum atomic E-state index is -0.432. The molecule has 0 saturated heterocycles. The van der Waals surface area contributed by atoms with Crippen LogP contribution in [0.15, 0.2) is 35.6 Å². The van der Waals surface area contributed by atoms with Crippen LogP contribution in [0.3, 0.4) is 0 Å². The molecule has 0 unspecified atom stereocenters. The zero-order chi connectivity index (χ0) is 18.2. The van der Waals surface area contributed by atoms with E-state index in [2.05, 4.69) is 20.5 Å². The maximum absolute atomic E-state index is 11.7. The summed E-state index contributed by atoms with van der Waals surface area (Å²) in [6.07, 6.45) is 3.21. The number of hydrazone groups is 1. The number of rotatable bonds is 7. The van der Waals surface area contributed by atoms with Gasteiger partial charge in [0.25, 0.3) is 0 Å². The number of carbonyl (C=O) groups excluding carboxylic acids is 1. The number of anilines is 1. The first-order valence-electron chi connectivity index (χ1n) is 8.06. The lowest BCUT2D eigenvalue weighted by Gasteiger charge is -2.09. The van der Waals surface area contributed by atoms with E-state index in [9.17, 15) is 4.79 Å². The van der Waals surface area contributed by atoms with E-state index < -0.39 is 5.97 Å². The van der Waals surface area contributed by atoms with Gasteiger partial charge >= 0.3 is 5.97 Å². The summed E-state index contributed by atoms with van der Waals surface area (Å²) in [6, 6.07) is 7.57. The SMILES string of the molecule is CCOC(=O)c1cnc(N/N=C/c2ccc(OC(C)C)cc2)nc1C. The van der Waals surface area contributed by atoms with Gasteiger partial charge in [-0.3, -0.25) is 0 Å². The lowest BCUT2D eigenvalue weighted by Crippen LogP contribution is -2.10. The number of nitrogens with zero attached hydrogens (tertiary/aromatic N) is 3. The average Bonchev–Trinajstić information content (AvgIpc) is 2.56. The topological polar surface area (TPSA) is 85.7 Å². The van der Waals surface area contributed by atoms with Gasteiger partial charge in [0.15, 0.2) is 0 Å². The van der Waals surface area contributed by atoms with Crippen molar-refractivity contribution >= 4 is 18.1 Å². The zero-order valence-corrected chi connectivity index (χ0v) is 14.8. The fourth-order valence-electron chi connectivity index (χ4n) is 2.00. The van der Waals surface area contributed by atoms with Crippen LogP contribution in [0.1, 0.15) is 42.4 Å². The van der Waals surface area contributed by atoms with Crippen molar-refractivity contribution in [2.45, 2.75) is 33.8 Å². The molecule has 0 fully saturated rings. The summed E-state index contributed by atoms with van der Waals surface area (Å²) in [6.45, 7) is 7.74. The first-order chi connectivity index (χ1) is 12.0. The molecule has 7 nitrogen and oxygen atoms in total. The molecule has 2 aromatic rings. The van der Waals surface area contributed by atoms with Gasteiger partial charge in [-0.2, -0.15) is 5.10 Å². The maximum Gasteiger partial charge on any atom is 0.341 e. The largest absolute Gasteiger partial charge is 0.491 e. The van der Waals surface area contributed by atoms with Crippen LogP contribution in [0.25, 0.3) is 0 Å². The van der Waals surface area contributed by atoms with Gasteiger partial charge in [-0.25, -0.2) is 20.2 Å². The molecule has 1 aromatic heterocycles. The molecule has 0 spiro atoms. The Kier molecular flexibility index (Phi) is 6.45. The summed E-state index contributed by atoms with van der Waals surface area (Å²) >= 11 is 0. The summed E-state index contributed by atoms with van der Waals surface area (Å²) in [5, 5.41) is 4.10. The Morgan fingerprint density at radius 1 is 1.32 bits per heavy atom. The van der Waals surface area contributed by atoms with Crippen LogP contribution in [-0.4, -0.2) is 34.9 Å². The van der Waals surface area contributed by atoms with Gasteiger partial charge in [-0.05, 0) is 57.5 Å². The van der Waals surface area contributed by atoms with E-state index in [0.29, 0.717) is 23.8 Å². The quantitative estimate of drug-likeness (QED) is 0.472. The molecule has 1 aromatic carbocycles. The van der Waals surface area contributed by atoms with Crippen LogP contribution in [0.2, 0.25) is 0 Å². The van der Waals surface area contributed by atoms with Crippen molar-refractivity contribution in [1.29, 1.82) is 0 Å². The van der Waals surface area contributed by atoms with Crippen LogP contribution in [0.5, 0.6) is 5.75 Å². The molecule has 2 rings (SSSR count). The summed E-state index contributed by atoms with van der Waals surface area (Å²) in [4.78, 5) is 20.0. The lowest BCUT2D eigenvalue weighted by molar-refractivity contribution is 0.0524. The van der Waals surface area contributed by atoms with Crippen molar-refractivity contribution in [3.63, 3.8) is 0 Å². The third-order valence-corrected chi connectivity index (χ3v) is 3.10. The van der Waals surface area contributed by atoms with Crippen molar-refractivity contribution in [1.82, 2.24) is 9.97 Å². The Morgan fingerprint density at radius 3 is 2.64 bits per heavy atom. The Morgan fingerprint density at radius 2 is 2.04 bits per heavy atom. The van der Waals surface area contributed by atoms with Crippen molar-refractivity contribution in [3.05, 3.63) is 47.3 Å². The summed E-state index contributed by atoms with van der Waals surface area (Å²) in [5.74, 6) is 0.689. The summed E-state index contributed by atoms with van der Waals surface area (Å²) in [7, 11) is 0. The van der Waals surface area contributed by atoms with Crippen LogP contribution < -0.4 is 10.2 Å². The molecule has 0 saturated carbocycles. The van der Waals surface area contributed by atoms with Crippen LogP contribution in [-0.2, 0) is 4.74 Å². The Bertz CT molecular complexity index is 742. The molecule has 1 heterocycles. The normalized spacial score (nSPS) is 10.9. The predicted octanol–water partition coefficient (Wildman–Crippen LogP) is 3.19. The van der Waals surface area contributed by atoms with E-state index in [1.54, 1.807) is 20.1 Å². The highest BCUT2D eigenvalue weighted by atomic mass is 16.5. The molecule has 0 aliphatic heterocycles. The number of ether oxygens (including phenoxy) is 2. The zero-order valence-electron chi connectivity index (χ0n) is 14.8. The highest BCUT2D eigenvalue weighted by Crippen LogP contribution is 2.13. The lowest BCUT2D eigenvalue weighted by atomic mass is 10.2. The van der Waals surface area contributed by atoms with E-state index in [1.165, 1.54) is 6.20 Å². The molecule has 0 aliphatic carbocycles. The maximum atomic E-state index is 11.7. The standard InChI is InChI=1S/C18H22N4O3/c1-5-24-17(23)16-11-19-18(21-13(16)4)22-20-10-14-6-8-15(9-7-14)25-12(2)3/h6-12H,5H2,1-4H3,(H,19,21,22)/b20-10+. The smallest absolute Gasteiger partial charge is 0.341 e. The summed E-state index contributed by atoms with van der Waals surface area (Å²) in [5.41, 5.74) is 4.52. The molecule has 0 bridgehead atoms. The highest BCUT2D eigenvalue weighted by Gasteiger charge is 2.12. The number of hydrogen-bond acceptors (Lipinski definition) is 7. The highest BCUT2D eigenvalue weighted by molar-refractivity contribution is 5.90. The van der Waals surface area contributed by atoms with Crippen molar-refractivity contribution in [2.75, 3.05) is 12.0 Å². The molecule has 0 atom stereocenters. The number of aryl methyl sites for hydroxylation is 1. The van der Waals surface area contributed by atoms with Gasteiger partial charge in [-0.1, -0.05) is 0 Å². The molecule has 1 N–H and O–H groups in total. The molecule has 0 radical (unpaired) electrons. The van der Waals surface area contributed by atoms with Crippen LogP contribution in [0.4, 0.5) is 5.95 Å². The monoisotopic (exact) mass is 342 g/mol. The second-order valence-corrected chi connectivity index (χ2v) is 5.52. The first kappa shape index (κ1) is 18.4. The minimum absolute atomic E-state index is 0.138. The number of hydrogen-bond donors (Lipinski definition) is 1. The van der Waals surface area contributed by atoms with E-state index in [4.69, 9.17) is 9.47 Å². The Labute approximate surface area is 147 Å². The Hall–Kier alpha value is -2.96. The van der Waals surface area contributed by atoms with Gasteiger partial charge in [0.2, 0.25) is 5.95 Å². The Balaban J connectivity index is 1.97. The van der Waals surface area contributed by atoms with Crippen molar-refractivity contribution in [3.8, 4) is 5.75 Å². The van der Waals surface area contributed by atoms with Gasteiger partial charge in [0, 0.05) is 6.20 Å². The average molecular weight is 342 g/mol. The fraction of sp³-hybridized carbons (Fsp3) is 0.333. The van der Waals surface area contributed by atoms with Gasteiger partial charge < -0.3 is 9.47 Å². The van der Waals surface area contributed by atoms with E-state index in [-0.39, 0.29) is 6.10 Å². The molecule has 25 heavy (non-hydrogen) atoms. The van der Waals surface area contributed by atoms with E-state index in [0.717, 1.165) is 11.3 Å². The van der Waals surface area contributed by atoms with Gasteiger partial charge in [0.1, 0.15) is 5.75 Å². The molecule has 0 amide bonds. The van der Waals surface area contributed by atoms with Gasteiger partial charge in [0.05, 0.1) is 30.2 Å². The number of benzene rings is 1. The van der Waals surface area contributed by atoms with E-state index >= 15 is 0 Å². The molecular formula is C18H22N4O3. The van der Waals surface area contributed by atoms with E-state index in [1.807, 2.05) is 38.1 Å². The number of aromatic nitrogens is 2. The number of nitrogens with one attached hydrogen (secondary N) is 1. The molecule has 7 heteroatoms. The van der Waals surface area contributed by atoms with Crippen LogP contribution >= 0.6 is 0 Å². The van der Waals surface area contributed by atoms with Crippen LogP contribution in [0, 0.1) is 6.92 Å². The summed E-state index contributed by atoms with van der Waals surface area (Å²) < 4.78 is 10.5. The third-order valence-electron chi connectivity index (χ3n) is 3.10. The molecule has 132 valence electrons. The first-order valence-corrected chi connectivity index (χ1v) is 8.06. The molecular weight excluding hydrogens is 320 g/mol. The van der Waals surface area contributed by atoms with Crippen molar-refractivity contribution < 1.29 is 14.3 Å². The van der Waals surface area contributed by atoms with Gasteiger partial charge in [-0.15, -0.1) is 0 Å². The van der Waals surface area contributed by atoms with Crippen molar-refractivity contribution in [2.24, 2.45) is 5.10 Å². The number of carbonyl (C=O) groups is 1.